The van der Waals surface area contributed by atoms with Crippen LogP contribution in [-0.4, -0.2) is 29.3 Å². The molecular formula is C16H11ClFN3O4S. The highest BCUT2D eigenvalue weighted by Crippen LogP contribution is 2.27. The number of sulfonamides is 1. The normalized spacial score (nSPS) is 11.3. The van der Waals surface area contributed by atoms with Crippen LogP contribution in [0, 0.1) is 5.82 Å². The van der Waals surface area contributed by atoms with Crippen molar-refractivity contribution in [1.29, 1.82) is 0 Å². The molecule has 134 valence electrons. The van der Waals surface area contributed by atoms with Gasteiger partial charge in [-0.2, -0.15) is 5.10 Å². The van der Waals surface area contributed by atoms with Gasteiger partial charge in [0.1, 0.15) is 5.82 Å². The van der Waals surface area contributed by atoms with Gasteiger partial charge in [-0.25, -0.2) is 22.3 Å². The maximum Gasteiger partial charge on any atom is 0.338 e. The molecule has 1 heterocycles. The van der Waals surface area contributed by atoms with Gasteiger partial charge in [-0.05, 0) is 42.5 Å². The van der Waals surface area contributed by atoms with Crippen molar-refractivity contribution in [2.24, 2.45) is 0 Å². The third kappa shape index (κ3) is 3.53. The topological polar surface area (TPSA) is 101 Å². The highest BCUT2D eigenvalue weighted by Gasteiger charge is 2.21. The lowest BCUT2D eigenvalue weighted by molar-refractivity contribution is 0.0691. The minimum Gasteiger partial charge on any atom is -0.478 e. The van der Waals surface area contributed by atoms with Crippen molar-refractivity contribution in [2.45, 2.75) is 4.90 Å². The van der Waals surface area contributed by atoms with Gasteiger partial charge in [0, 0.05) is 17.4 Å². The number of nitrogens with one attached hydrogen (secondary N) is 1. The van der Waals surface area contributed by atoms with Crippen molar-refractivity contribution in [3.05, 3.63) is 71.3 Å². The van der Waals surface area contributed by atoms with E-state index in [9.17, 15) is 17.6 Å². The van der Waals surface area contributed by atoms with Crippen LogP contribution in [0.25, 0.3) is 5.69 Å². The molecule has 1 aromatic heterocycles. The zero-order valence-corrected chi connectivity index (χ0v) is 14.5. The first-order valence-corrected chi connectivity index (χ1v) is 8.99. The fourth-order valence-electron chi connectivity index (χ4n) is 2.24. The van der Waals surface area contributed by atoms with Crippen LogP contribution in [0.15, 0.2) is 59.8 Å². The standard InChI is InChI=1S/C16H11ClFN3O4S/c17-10-2-5-15(21-7-1-6-19-21)14(8-10)20-26(24,25)11-3-4-13(18)12(9-11)16(22)23/h1-9,20H,(H,22,23). The van der Waals surface area contributed by atoms with Gasteiger partial charge in [0.15, 0.2) is 0 Å². The van der Waals surface area contributed by atoms with Crippen LogP contribution in [0.3, 0.4) is 0 Å². The molecule has 0 aliphatic heterocycles. The Hall–Kier alpha value is -2.91. The molecule has 2 aromatic carbocycles. The Balaban J connectivity index is 2.05. The average Bonchev–Trinajstić information content (AvgIpc) is 3.08. The molecule has 0 saturated heterocycles. The molecule has 2 N–H and O–H groups in total. The maximum absolute atomic E-state index is 13.5. The molecule has 0 unspecified atom stereocenters. The third-order valence-corrected chi connectivity index (χ3v) is 5.03. The van der Waals surface area contributed by atoms with E-state index in [1.54, 1.807) is 24.4 Å². The molecule has 0 atom stereocenters. The van der Waals surface area contributed by atoms with E-state index in [1.807, 2.05) is 0 Å². The zero-order chi connectivity index (χ0) is 18.9. The van der Waals surface area contributed by atoms with E-state index in [2.05, 4.69) is 9.82 Å². The number of carboxylic acid groups (broad SMARTS) is 1. The lowest BCUT2D eigenvalue weighted by Gasteiger charge is -2.13. The number of hydrogen-bond donors (Lipinski definition) is 2. The number of anilines is 1. The van der Waals surface area contributed by atoms with Crippen LogP contribution in [0.2, 0.25) is 5.02 Å². The monoisotopic (exact) mass is 395 g/mol. The summed E-state index contributed by atoms with van der Waals surface area (Å²) < 4.78 is 42.5. The van der Waals surface area contributed by atoms with E-state index in [1.165, 1.54) is 16.9 Å². The van der Waals surface area contributed by atoms with Gasteiger partial charge in [0.05, 0.1) is 21.8 Å². The molecule has 0 aliphatic carbocycles. The molecular weight excluding hydrogens is 385 g/mol. The van der Waals surface area contributed by atoms with Gasteiger partial charge in [-0.1, -0.05) is 11.6 Å². The second-order valence-corrected chi connectivity index (χ2v) is 7.28. The van der Waals surface area contributed by atoms with Crippen LogP contribution in [0.5, 0.6) is 0 Å². The predicted molar refractivity (Wildman–Crippen MR) is 92.7 cm³/mol. The zero-order valence-electron chi connectivity index (χ0n) is 12.9. The highest BCUT2D eigenvalue weighted by atomic mass is 35.5. The van der Waals surface area contributed by atoms with E-state index in [-0.39, 0.29) is 10.7 Å². The number of aromatic carboxylic acids is 1. The Morgan fingerprint density at radius 1 is 1.23 bits per heavy atom. The van der Waals surface area contributed by atoms with Crippen molar-refractivity contribution >= 4 is 33.3 Å². The van der Waals surface area contributed by atoms with E-state index in [0.717, 1.165) is 18.2 Å². The molecule has 26 heavy (non-hydrogen) atoms. The fourth-order valence-corrected chi connectivity index (χ4v) is 3.50. The van der Waals surface area contributed by atoms with Gasteiger partial charge in [0.25, 0.3) is 10.0 Å². The largest absolute Gasteiger partial charge is 0.478 e. The Kier molecular flexibility index (Phi) is 4.66. The molecule has 0 fully saturated rings. The molecule has 7 nitrogen and oxygen atoms in total. The van der Waals surface area contributed by atoms with Crippen LogP contribution in [0.4, 0.5) is 10.1 Å². The second-order valence-electron chi connectivity index (χ2n) is 5.16. The lowest BCUT2D eigenvalue weighted by atomic mass is 10.2. The first-order valence-electron chi connectivity index (χ1n) is 7.13. The lowest BCUT2D eigenvalue weighted by Crippen LogP contribution is -2.16. The summed E-state index contributed by atoms with van der Waals surface area (Å²) in [6.07, 6.45) is 3.13. The smallest absolute Gasteiger partial charge is 0.338 e. The van der Waals surface area contributed by atoms with Crippen molar-refractivity contribution < 1.29 is 22.7 Å². The number of aromatic nitrogens is 2. The van der Waals surface area contributed by atoms with Crippen molar-refractivity contribution in [2.75, 3.05) is 4.72 Å². The fraction of sp³-hybridized carbons (Fsp3) is 0. The average molecular weight is 396 g/mol. The summed E-state index contributed by atoms with van der Waals surface area (Å²) in [6, 6.07) is 8.69. The van der Waals surface area contributed by atoms with E-state index >= 15 is 0 Å². The van der Waals surface area contributed by atoms with Gasteiger partial charge in [-0.15, -0.1) is 0 Å². The van der Waals surface area contributed by atoms with Crippen LogP contribution >= 0.6 is 11.6 Å². The number of carboxylic acids is 1. The van der Waals surface area contributed by atoms with Crippen molar-refractivity contribution in [3.63, 3.8) is 0 Å². The number of rotatable bonds is 5. The number of halogens is 2. The maximum atomic E-state index is 13.5. The van der Waals surface area contributed by atoms with Crippen LogP contribution in [-0.2, 0) is 10.0 Å². The summed E-state index contributed by atoms with van der Waals surface area (Å²) in [5.41, 5.74) is -0.211. The summed E-state index contributed by atoms with van der Waals surface area (Å²) in [7, 11) is -4.20. The quantitative estimate of drug-likeness (QED) is 0.691. The molecule has 3 rings (SSSR count). The molecule has 0 radical (unpaired) electrons. The first kappa shape index (κ1) is 17.9. The summed E-state index contributed by atoms with van der Waals surface area (Å²) in [4.78, 5) is 10.6. The molecule has 0 spiro atoms. The minimum atomic E-state index is -4.20. The van der Waals surface area contributed by atoms with Gasteiger partial charge in [-0.3, -0.25) is 4.72 Å². The molecule has 3 aromatic rings. The number of nitrogens with zero attached hydrogens (tertiary/aromatic N) is 2. The van der Waals surface area contributed by atoms with E-state index in [4.69, 9.17) is 16.7 Å². The van der Waals surface area contributed by atoms with Crippen molar-refractivity contribution in [1.82, 2.24) is 9.78 Å². The number of benzene rings is 2. The molecule has 0 bridgehead atoms. The Morgan fingerprint density at radius 3 is 2.65 bits per heavy atom. The SMILES string of the molecule is O=C(O)c1cc(S(=O)(=O)Nc2cc(Cl)ccc2-n2cccn2)ccc1F. The van der Waals surface area contributed by atoms with E-state index < -0.39 is 32.3 Å². The third-order valence-electron chi connectivity index (χ3n) is 3.43. The first-order chi connectivity index (χ1) is 12.3. The Labute approximate surface area is 152 Å². The summed E-state index contributed by atoms with van der Waals surface area (Å²) in [6.45, 7) is 0. The highest BCUT2D eigenvalue weighted by molar-refractivity contribution is 7.92. The molecule has 10 heteroatoms. The van der Waals surface area contributed by atoms with Crippen molar-refractivity contribution in [3.8, 4) is 5.69 Å². The molecule has 0 saturated carbocycles. The van der Waals surface area contributed by atoms with E-state index in [0.29, 0.717) is 5.69 Å². The summed E-state index contributed by atoms with van der Waals surface area (Å²) >= 11 is 5.95. The number of carbonyl (C=O) groups is 1. The molecule has 0 amide bonds. The van der Waals surface area contributed by atoms with Crippen LogP contribution in [0.1, 0.15) is 10.4 Å². The van der Waals surface area contributed by atoms with Gasteiger partial charge < -0.3 is 5.11 Å². The number of hydrogen-bond acceptors (Lipinski definition) is 4. The van der Waals surface area contributed by atoms with Crippen LogP contribution < -0.4 is 4.72 Å². The Morgan fingerprint density at radius 2 is 2.00 bits per heavy atom. The van der Waals surface area contributed by atoms with Gasteiger partial charge >= 0.3 is 5.97 Å². The Bertz CT molecular complexity index is 1080. The summed E-state index contributed by atoms with van der Waals surface area (Å²) in [5, 5.41) is 13.3. The summed E-state index contributed by atoms with van der Waals surface area (Å²) in [5.74, 6) is -2.60. The predicted octanol–water partition coefficient (Wildman–Crippen LogP) is 3.16. The molecule has 0 aliphatic rings. The van der Waals surface area contributed by atoms with Gasteiger partial charge in [0.2, 0.25) is 0 Å². The minimum absolute atomic E-state index is 0.127. The second kappa shape index (κ2) is 6.77.